The van der Waals surface area contributed by atoms with Crippen LogP contribution >= 0.6 is 0 Å². The Hall–Kier alpha value is -4.32. The largest absolute Gasteiger partial charge is 0.432 e. The van der Waals surface area contributed by atoms with Crippen LogP contribution in [0.1, 0.15) is 27.8 Å². The zero-order chi connectivity index (χ0) is 27.8. The van der Waals surface area contributed by atoms with E-state index < -0.39 is 57.9 Å². The molecule has 0 aliphatic carbocycles. The van der Waals surface area contributed by atoms with E-state index >= 15 is 0 Å². The van der Waals surface area contributed by atoms with Crippen molar-refractivity contribution in [3.05, 3.63) is 123 Å². The maximum Gasteiger partial charge on any atom is 0.432 e. The topological polar surface area (TPSA) is 9.23 Å². The second-order valence-corrected chi connectivity index (χ2v) is 8.40. The highest BCUT2D eigenvalue weighted by molar-refractivity contribution is 5.68. The Balaban J connectivity index is 1.66. The predicted molar refractivity (Wildman–Crippen MR) is 124 cm³/mol. The van der Waals surface area contributed by atoms with E-state index in [2.05, 4.69) is 16.6 Å². The van der Waals surface area contributed by atoms with Gasteiger partial charge in [0.15, 0.2) is 17.5 Å². The molecule has 0 heterocycles. The highest BCUT2D eigenvalue weighted by atomic mass is 19.3. The molecule has 0 unspecified atom stereocenters. The Morgan fingerprint density at radius 2 is 1.24 bits per heavy atom. The van der Waals surface area contributed by atoms with E-state index in [0.29, 0.717) is 28.8 Å². The first kappa shape index (κ1) is 26.7. The fourth-order valence-electron chi connectivity index (χ4n) is 3.61. The van der Waals surface area contributed by atoms with E-state index in [-0.39, 0.29) is 17.7 Å². The van der Waals surface area contributed by atoms with Crippen LogP contribution in [-0.4, -0.2) is 0 Å². The molecule has 9 heteroatoms. The molecule has 38 heavy (non-hydrogen) atoms. The highest BCUT2D eigenvalue weighted by Crippen LogP contribution is 2.38. The molecule has 0 aliphatic heterocycles. The predicted octanol–water partition coefficient (Wildman–Crippen LogP) is 8.33. The number of benzene rings is 4. The molecule has 0 N–H and O–H groups in total. The summed E-state index contributed by atoms with van der Waals surface area (Å²) in [6.07, 6.45) is -4.76. The van der Waals surface area contributed by atoms with Gasteiger partial charge in [-0.2, -0.15) is 8.78 Å². The molecule has 0 atom stereocenters. The van der Waals surface area contributed by atoms with Crippen molar-refractivity contribution >= 4 is 0 Å². The van der Waals surface area contributed by atoms with Gasteiger partial charge in [-0.05, 0) is 61.4 Å². The standard InChI is InChI=1S/C29H16F8O/c1-15-3-5-17(6-4-15)7-8-18-10-22(30)21(9-16(18)2)19-11-23(31)27(24(32)12-19)29(36,37)38-20-13-25(33)28(35)26(34)14-20/h3-6,9-14H,1-2H3. The summed E-state index contributed by atoms with van der Waals surface area (Å²) in [5, 5.41) is 0. The van der Waals surface area contributed by atoms with Gasteiger partial charge in [-0.25, -0.2) is 26.3 Å². The summed E-state index contributed by atoms with van der Waals surface area (Å²) in [7, 11) is 0. The summed E-state index contributed by atoms with van der Waals surface area (Å²) in [6, 6.07) is 10.8. The van der Waals surface area contributed by atoms with Crippen molar-refractivity contribution in [2.75, 3.05) is 0 Å². The molecule has 4 aromatic rings. The number of hydrogen-bond acceptors (Lipinski definition) is 1. The maximum absolute atomic E-state index is 14.9. The van der Waals surface area contributed by atoms with Crippen molar-refractivity contribution in [2.24, 2.45) is 0 Å². The molecule has 4 aromatic carbocycles. The molecular formula is C29H16F8O. The average Bonchev–Trinajstić information content (AvgIpc) is 2.82. The monoisotopic (exact) mass is 532 g/mol. The molecule has 0 bridgehead atoms. The number of halogens is 8. The lowest BCUT2D eigenvalue weighted by molar-refractivity contribution is -0.189. The minimum atomic E-state index is -4.76. The lowest BCUT2D eigenvalue weighted by Gasteiger charge is -2.20. The highest BCUT2D eigenvalue weighted by Gasteiger charge is 2.41. The third-order valence-corrected chi connectivity index (χ3v) is 5.55. The second-order valence-electron chi connectivity index (χ2n) is 8.40. The maximum atomic E-state index is 14.9. The lowest BCUT2D eigenvalue weighted by atomic mass is 9.97. The first-order valence-corrected chi connectivity index (χ1v) is 11.0. The smallest absolute Gasteiger partial charge is 0.429 e. The Bertz CT molecular complexity index is 1550. The quantitative estimate of drug-likeness (QED) is 0.146. The van der Waals surface area contributed by atoms with Crippen LogP contribution in [0.15, 0.2) is 60.7 Å². The summed E-state index contributed by atoms with van der Waals surface area (Å²) >= 11 is 0. The minimum absolute atomic E-state index is 0.0952. The second kappa shape index (κ2) is 10.2. The fourth-order valence-corrected chi connectivity index (χ4v) is 3.61. The van der Waals surface area contributed by atoms with Crippen LogP contribution in [0.25, 0.3) is 11.1 Å². The van der Waals surface area contributed by atoms with Gasteiger partial charge in [0.05, 0.1) is 0 Å². The number of alkyl halides is 2. The van der Waals surface area contributed by atoms with Crippen molar-refractivity contribution in [1.29, 1.82) is 0 Å². The van der Waals surface area contributed by atoms with Crippen LogP contribution in [0, 0.1) is 60.6 Å². The summed E-state index contributed by atoms with van der Waals surface area (Å²) in [4.78, 5) is 0. The summed E-state index contributed by atoms with van der Waals surface area (Å²) in [6.45, 7) is 3.50. The summed E-state index contributed by atoms with van der Waals surface area (Å²) in [5.74, 6) is -5.65. The molecule has 0 spiro atoms. The van der Waals surface area contributed by atoms with Crippen molar-refractivity contribution in [1.82, 2.24) is 0 Å². The number of rotatable bonds is 4. The number of hydrogen-bond donors (Lipinski definition) is 0. The molecule has 1 nitrogen and oxygen atoms in total. The minimum Gasteiger partial charge on any atom is -0.429 e. The molecule has 0 amide bonds. The Morgan fingerprint density at radius 1 is 0.658 bits per heavy atom. The number of ether oxygens (including phenoxy) is 1. The van der Waals surface area contributed by atoms with Gasteiger partial charge in [0.2, 0.25) is 0 Å². The molecule has 0 aliphatic rings. The Kier molecular flexibility index (Phi) is 7.18. The fraction of sp³-hybridized carbons (Fsp3) is 0.103. The first-order valence-electron chi connectivity index (χ1n) is 11.0. The molecule has 0 aromatic heterocycles. The third kappa shape index (κ3) is 5.49. The third-order valence-electron chi connectivity index (χ3n) is 5.55. The molecule has 0 fully saturated rings. The van der Waals surface area contributed by atoms with E-state index in [1.807, 2.05) is 19.1 Å². The van der Waals surface area contributed by atoms with E-state index in [0.717, 1.165) is 11.6 Å². The first-order chi connectivity index (χ1) is 17.9. The molecule has 4 rings (SSSR count). The van der Waals surface area contributed by atoms with Gasteiger partial charge in [0.25, 0.3) is 0 Å². The normalized spacial score (nSPS) is 11.2. The van der Waals surface area contributed by atoms with Gasteiger partial charge in [-0.3, -0.25) is 0 Å². The Morgan fingerprint density at radius 3 is 1.82 bits per heavy atom. The molecule has 194 valence electrons. The van der Waals surface area contributed by atoms with E-state index in [1.54, 1.807) is 19.1 Å². The molecule has 0 radical (unpaired) electrons. The zero-order valence-corrected chi connectivity index (χ0v) is 19.7. The molecular weight excluding hydrogens is 516 g/mol. The summed E-state index contributed by atoms with van der Waals surface area (Å²) in [5.41, 5.74) is -0.0625. The van der Waals surface area contributed by atoms with Crippen molar-refractivity contribution in [3.8, 4) is 28.7 Å². The van der Waals surface area contributed by atoms with Gasteiger partial charge in [0, 0.05) is 28.8 Å². The van der Waals surface area contributed by atoms with Gasteiger partial charge in [-0.15, -0.1) is 0 Å². The van der Waals surface area contributed by atoms with Crippen molar-refractivity contribution in [2.45, 2.75) is 20.0 Å². The van der Waals surface area contributed by atoms with Crippen molar-refractivity contribution in [3.63, 3.8) is 0 Å². The molecule has 0 saturated carbocycles. The van der Waals surface area contributed by atoms with Crippen LogP contribution in [0.5, 0.6) is 5.75 Å². The van der Waals surface area contributed by atoms with Crippen molar-refractivity contribution < 1.29 is 39.9 Å². The van der Waals surface area contributed by atoms with Crippen LogP contribution in [-0.2, 0) is 6.11 Å². The van der Waals surface area contributed by atoms with E-state index in [1.165, 1.54) is 6.07 Å². The van der Waals surface area contributed by atoms with Crippen LogP contribution in [0.4, 0.5) is 35.1 Å². The van der Waals surface area contributed by atoms with Gasteiger partial charge >= 0.3 is 6.11 Å². The number of aryl methyl sites for hydroxylation is 2. The van der Waals surface area contributed by atoms with Crippen LogP contribution in [0.2, 0.25) is 0 Å². The summed E-state index contributed by atoms with van der Waals surface area (Å²) < 4.78 is 117. The average molecular weight is 532 g/mol. The van der Waals surface area contributed by atoms with E-state index in [9.17, 15) is 35.1 Å². The van der Waals surface area contributed by atoms with Gasteiger partial charge < -0.3 is 4.74 Å². The van der Waals surface area contributed by atoms with E-state index in [4.69, 9.17) is 0 Å². The SMILES string of the molecule is Cc1ccc(C#Cc2cc(F)c(-c3cc(F)c(C(F)(F)Oc4cc(F)c(F)c(F)c4)c(F)c3)cc2C)cc1. The van der Waals surface area contributed by atoms with Crippen LogP contribution in [0.3, 0.4) is 0 Å². The lowest BCUT2D eigenvalue weighted by Crippen LogP contribution is -2.25. The molecule has 0 saturated heterocycles. The zero-order valence-electron chi connectivity index (χ0n) is 19.7. The Labute approximate surface area is 212 Å². The van der Waals surface area contributed by atoms with Gasteiger partial charge in [0.1, 0.15) is 28.8 Å². The van der Waals surface area contributed by atoms with Crippen LogP contribution < -0.4 is 4.74 Å². The van der Waals surface area contributed by atoms with Gasteiger partial charge in [-0.1, -0.05) is 29.5 Å².